The highest BCUT2D eigenvalue weighted by Gasteiger charge is 2.36. The largest absolute Gasteiger partial charge is 0.391 e. The fraction of sp³-hybridized carbons (Fsp3) is 0.778. The summed E-state index contributed by atoms with van der Waals surface area (Å²) < 4.78 is 25.6. The number of hydrogen-bond donors (Lipinski definition) is 2. The van der Waals surface area contributed by atoms with E-state index in [0.29, 0.717) is 12.8 Å². The zero-order valence-corrected chi connectivity index (χ0v) is 11.6. The van der Waals surface area contributed by atoms with Crippen molar-refractivity contribution in [3.8, 4) is 0 Å². The maximum absolute atomic E-state index is 12.3. The molecule has 1 saturated carbocycles. The van der Waals surface area contributed by atoms with Crippen molar-refractivity contribution in [2.24, 2.45) is 0 Å². The Kier molecular flexibility index (Phi) is 3.85. The molecule has 0 amide bonds. The minimum atomic E-state index is -3.71. The smallest absolute Gasteiger partial charge is 0.272 e. The van der Waals surface area contributed by atoms with Crippen molar-refractivity contribution in [2.45, 2.75) is 42.2 Å². The van der Waals surface area contributed by atoms with E-state index in [-0.39, 0.29) is 9.47 Å². The molecule has 1 aliphatic rings. The highest BCUT2D eigenvalue weighted by molar-refractivity contribution is 7.91. The standard InChI is InChI=1S/C9H16N4O3S2/c1-13(6-4-2-3-5-7(6)14)18(15,16)9-12-11-8(10)17-9/h6-7,14H,2-5H2,1H3,(H2,10,11). The Morgan fingerprint density at radius 3 is 2.61 bits per heavy atom. The Bertz CT molecular complexity index is 516. The van der Waals surface area contributed by atoms with E-state index in [0.717, 1.165) is 24.2 Å². The van der Waals surface area contributed by atoms with Crippen LogP contribution < -0.4 is 5.73 Å². The van der Waals surface area contributed by atoms with E-state index in [2.05, 4.69) is 10.2 Å². The third kappa shape index (κ3) is 2.48. The zero-order chi connectivity index (χ0) is 13.3. The molecule has 1 aliphatic carbocycles. The SMILES string of the molecule is CN(C1CCCCC1O)S(=O)(=O)c1nnc(N)s1. The molecule has 1 heterocycles. The molecule has 2 unspecified atom stereocenters. The second-order valence-electron chi connectivity index (χ2n) is 4.35. The molecule has 0 radical (unpaired) electrons. The van der Waals surface area contributed by atoms with Crippen LogP contribution in [0.2, 0.25) is 0 Å². The van der Waals surface area contributed by atoms with Crippen LogP contribution in [0.3, 0.4) is 0 Å². The Labute approximate surface area is 110 Å². The van der Waals surface area contributed by atoms with Crippen molar-refractivity contribution >= 4 is 26.5 Å². The summed E-state index contributed by atoms with van der Waals surface area (Å²) in [5.41, 5.74) is 5.39. The third-order valence-electron chi connectivity index (χ3n) is 3.18. The molecule has 3 N–H and O–H groups in total. The summed E-state index contributed by atoms with van der Waals surface area (Å²) in [4.78, 5) is 0. The minimum absolute atomic E-state index is 0.117. The number of nitrogens with two attached hydrogens (primary N) is 1. The zero-order valence-electron chi connectivity index (χ0n) is 9.98. The number of aliphatic hydroxyl groups is 1. The number of rotatable bonds is 3. The predicted octanol–water partition coefficient (Wildman–Crippen LogP) is 0.0443. The number of aromatic nitrogens is 2. The summed E-state index contributed by atoms with van der Waals surface area (Å²) in [5, 5.41) is 17.1. The summed E-state index contributed by atoms with van der Waals surface area (Å²) in [6.07, 6.45) is 2.51. The quantitative estimate of drug-likeness (QED) is 0.814. The van der Waals surface area contributed by atoms with Crippen molar-refractivity contribution in [2.75, 3.05) is 12.8 Å². The molecule has 2 rings (SSSR count). The van der Waals surface area contributed by atoms with E-state index in [1.54, 1.807) is 0 Å². The molecule has 0 aliphatic heterocycles. The first-order chi connectivity index (χ1) is 8.43. The summed E-state index contributed by atoms with van der Waals surface area (Å²) in [6.45, 7) is 0. The number of sulfonamides is 1. The van der Waals surface area contributed by atoms with E-state index in [4.69, 9.17) is 5.73 Å². The Hall–Kier alpha value is -0.770. The monoisotopic (exact) mass is 292 g/mol. The van der Waals surface area contributed by atoms with Crippen LogP contribution in [0.1, 0.15) is 25.7 Å². The number of hydrogen-bond acceptors (Lipinski definition) is 7. The van der Waals surface area contributed by atoms with Crippen LogP contribution in [-0.2, 0) is 10.0 Å². The average molecular weight is 292 g/mol. The average Bonchev–Trinajstić information content (AvgIpc) is 2.76. The van der Waals surface area contributed by atoms with Gasteiger partial charge >= 0.3 is 0 Å². The van der Waals surface area contributed by atoms with Crippen molar-refractivity contribution in [3.05, 3.63) is 0 Å². The van der Waals surface area contributed by atoms with Crippen molar-refractivity contribution < 1.29 is 13.5 Å². The summed E-state index contributed by atoms with van der Waals surface area (Å²) in [5.74, 6) is 0. The summed E-state index contributed by atoms with van der Waals surface area (Å²) >= 11 is 0.833. The Morgan fingerprint density at radius 1 is 1.39 bits per heavy atom. The first kappa shape index (κ1) is 13.7. The molecule has 18 heavy (non-hydrogen) atoms. The van der Waals surface area contributed by atoms with Crippen LogP contribution in [-0.4, -0.2) is 47.2 Å². The molecule has 0 saturated heterocycles. The van der Waals surface area contributed by atoms with Gasteiger partial charge in [-0.3, -0.25) is 0 Å². The van der Waals surface area contributed by atoms with Gasteiger partial charge in [0, 0.05) is 7.05 Å². The van der Waals surface area contributed by atoms with E-state index >= 15 is 0 Å². The molecular weight excluding hydrogens is 276 g/mol. The van der Waals surface area contributed by atoms with Gasteiger partial charge in [0.15, 0.2) is 0 Å². The van der Waals surface area contributed by atoms with Crippen molar-refractivity contribution in [1.29, 1.82) is 0 Å². The molecule has 9 heteroatoms. The van der Waals surface area contributed by atoms with Crippen LogP contribution in [0.25, 0.3) is 0 Å². The second-order valence-corrected chi connectivity index (χ2v) is 7.53. The van der Waals surface area contributed by atoms with Crippen molar-refractivity contribution in [3.63, 3.8) is 0 Å². The van der Waals surface area contributed by atoms with E-state index in [1.165, 1.54) is 11.4 Å². The van der Waals surface area contributed by atoms with E-state index in [1.807, 2.05) is 0 Å². The lowest BCUT2D eigenvalue weighted by molar-refractivity contribution is 0.0638. The number of anilines is 1. The molecule has 0 bridgehead atoms. The van der Waals surface area contributed by atoms with Gasteiger partial charge in [0.2, 0.25) is 9.47 Å². The van der Waals surface area contributed by atoms with Crippen LogP contribution in [0.15, 0.2) is 4.34 Å². The number of likely N-dealkylation sites (N-methyl/N-ethyl adjacent to an activating group) is 1. The highest BCUT2D eigenvalue weighted by Crippen LogP contribution is 2.28. The number of aliphatic hydroxyl groups excluding tert-OH is 1. The van der Waals surface area contributed by atoms with Crippen LogP contribution >= 0.6 is 11.3 Å². The first-order valence-corrected chi connectivity index (χ1v) is 7.93. The fourth-order valence-corrected chi connectivity index (χ4v) is 4.51. The van der Waals surface area contributed by atoms with Gasteiger partial charge in [-0.25, -0.2) is 8.42 Å². The van der Waals surface area contributed by atoms with Gasteiger partial charge in [0.1, 0.15) is 0 Å². The molecule has 2 atom stereocenters. The molecule has 1 aromatic rings. The lowest BCUT2D eigenvalue weighted by Gasteiger charge is -2.33. The topological polar surface area (TPSA) is 109 Å². The van der Waals surface area contributed by atoms with Crippen LogP contribution in [0, 0.1) is 0 Å². The minimum Gasteiger partial charge on any atom is -0.391 e. The molecule has 7 nitrogen and oxygen atoms in total. The summed E-state index contributed by atoms with van der Waals surface area (Å²) in [7, 11) is -2.25. The van der Waals surface area contributed by atoms with E-state index < -0.39 is 22.2 Å². The molecule has 0 spiro atoms. The summed E-state index contributed by atoms with van der Waals surface area (Å²) in [6, 6.07) is -0.395. The Balaban J connectivity index is 2.24. The van der Waals surface area contributed by atoms with Gasteiger partial charge in [-0.15, -0.1) is 10.2 Å². The fourth-order valence-electron chi connectivity index (χ4n) is 2.14. The predicted molar refractivity (Wildman–Crippen MR) is 67.5 cm³/mol. The molecule has 102 valence electrons. The molecule has 1 fully saturated rings. The van der Waals surface area contributed by atoms with Gasteiger partial charge in [-0.05, 0) is 12.8 Å². The van der Waals surface area contributed by atoms with Crippen molar-refractivity contribution in [1.82, 2.24) is 14.5 Å². The lowest BCUT2D eigenvalue weighted by Crippen LogP contribution is -2.46. The molecule has 0 aromatic carbocycles. The molecular formula is C9H16N4O3S2. The maximum Gasteiger partial charge on any atom is 0.272 e. The maximum atomic E-state index is 12.3. The van der Waals surface area contributed by atoms with Gasteiger partial charge in [-0.2, -0.15) is 4.31 Å². The van der Waals surface area contributed by atoms with E-state index in [9.17, 15) is 13.5 Å². The van der Waals surface area contributed by atoms with Gasteiger partial charge in [0.25, 0.3) is 10.0 Å². The molecule has 1 aromatic heterocycles. The highest BCUT2D eigenvalue weighted by atomic mass is 32.2. The third-order valence-corrected chi connectivity index (χ3v) is 6.16. The second kappa shape index (κ2) is 5.08. The Morgan fingerprint density at radius 2 is 2.06 bits per heavy atom. The first-order valence-electron chi connectivity index (χ1n) is 5.68. The van der Waals surface area contributed by atoms with Crippen LogP contribution in [0.5, 0.6) is 0 Å². The normalized spacial score (nSPS) is 25.5. The van der Waals surface area contributed by atoms with Gasteiger partial charge < -0.3 is 10.8 Å². The number of nitrogen functional groups attached to an aromatic ring is 1. The van der Waals surface area contributed by atoms with Gasteiger partial charge in [0.05, 0.1) is 12.1 Å². The van der Waals surface area contributed by atoms with Gasteiger partial charge in [-0.1, -0.05) is 24.2 Å². The van der Waals surface area contributed by atoms with Crippen LogP contribution in [0.4, 0.5) is 5.13 Å². The lowest BCUT2D eigenvalue weighted by atomic mass is 9.93. The number of nitrogens with zero attached hydrogens (tertiary/aromatic N) is 3.